The summed E-state index contributed by atoms with van der Waals surface area (Å²) in [6, 6.07) is 7.14. The number of rotatable bonds is 5. The number of benzene rings is 1. The molecule has 1 atom stereocenters. The van der Waals surface area contributed by atoms with Crippen LogP contribution in [0.1, 0.15) is 55.7 Å². The van der Waals surface area contributed by atoms with Crippen LogP contribution in [0.4, 0.5) is 0 Å². The van der Waals surface area contributed by atoms with Crippen LogP contribution < -0.4 is 5.73 Å². The maximum atomic E-state index is 5.70. The maximum absolute atomic E-state index is 5.70. The first kappa shape index (κ1) is 15.5. The lowest BCUT2D eigenvalue weighted by Gasteiger charge is -2.36. The minimum Gasteiger partial charge on any atom is -0.389 e. The van der Waals surface area contributed by atoms with Gasteiger partial charge in [-0.05, 0) is 49.9 Å². The Labute approximate surface area is 128 Å². The van der Waals surface area contributed by atoms with Crippen LogP contribution >= 0.6 is 12.2 Å². The van der Waals surface area contributed by atoms with Gasteiger partial charge in [-0.3, -0.25) is 4.90 Å². The summed E-state index contributed by atoms with van der Waals surface area (Å²) >= 11 is 5.05. The lowest BCUT2D eigenvalue weighted by atomic mass is 9.96. The number of likely N-dealkylation sites (tertiary alicyclic amines) is 1. The largest absolute Gasteiger partial charge is 0.389 e. The molecule has 1 heterocycles. The SMILES string of the molecule is CCCC1CCCCN1Cc1ccc(C(N)=S)cc1C. The average Bonchev–Trinajstić information content (AvgIpc) is 2.43. The van der Waals surface area contributed by atoms with Gasteiger partial charge in [0.05, 0.1) is 0 Å². The highest BCUT2D eigenvalue weighted by Crippen LogP contribution is 2.24. The highest BCUT2D eigenvalue weighted by Gasteiger charge is 2.21. The molecular formula is C17H26N2S. The zero-order chi connectivity index (χ0) is 14.5. The Hall–Kier alpha value is -0.930. The first-order valence-corrected chi connectivity index (χ1v) is 8.16. The van der Waals surface area contributed by atoms with Crippen molar-refractivity contribution in [3.8, 4) is 0 Å². The first-order chi connectivity index (χ1) is 9.61. The number of hydrogen-bond donors (Lipinski definition) is 1. The molecule has 0 spiro atoms. The molecule has 0 amide bonds. The van der Waals surface area contributed by atoms with E-state index in [1.807, 2.05) is 0 Å². The van der Waals surface area contributed by atoms with Crippen LogP contribution in [0.2, 0.25) is 0 Å². The fourth-order valence-corrected chi connectivity index (χ4v) is 3.30. The van der Waals surface area contributed by atoms with Crippen molar-refractivity contribution in [3.63, 3.8) is 0 Å². The van der Waals surface area contributed by atoms with Gasteiger partial charge in [0.2, 0.25) is 0 Å². The quantitative estimate of drug-likeness (QED) is 0.837. The molecule has 0 bridgehead atoms. The summed E-state index contributed by atoms with van der Waals surface area (Å²) in [6.45, 7) is 6.75. The van der Waals surface area contributed by atoms with Gasteiger partial charge in [0, 0.05) is 18.2 Å². The summed E-state index contributed by atoms with van der Waals surface area (Å²) in [5, 5.41) is 0. The normalized spacial score (nSPS) is 20.0. The fourth-order valence-electron chi connectivity index (χ4n) is 3.17. The second-order valence-electron chi connectivity index (χ2n) is 5.91. The van der Waals surface area contributed by atoms with Gasteiger partial charge in [-0.25, -0.2) is 0 Å². The van der Waals surface area contributed by atoms with Gasteiger partial charge in [0.1, 0.15) is 4.99 Å². The zero-order valence-corrected chi connectivity index (χ0v) is 13.5. The van der Waals surface area contributed by atoms with Crippen molar-refractivity contribution in [1.29, 1.82) is 0 Å². The van der Waals surface area contributed by atoms with Gasteiger partial charge in [-0.2, -0.15) is 0 Å². The van der Waals surface area contributed by atoms with Crippen molar-refractivity contribution in [2.24, 2.45) is 5.73 Å². The number of nitrogens with zero attached hydrogens (tertiary/aromatic N) is 1. The first-order valence-electron chi connectivity index (χ1n) is 7.75. The second-order valence-corrected chi connectivity index (χ2v) is 6.35. The van der Waals surface area contributed by atoms with Crippen molar-refractivity contribution in [2.75, 3.05) is 6.54 Å². The highest BCUT2D eigenvalue weighted by atomic mass is 32.1. The molecule has 2 nitrogen and oxygen atoms in total. The van der Waals surface area contributed by atoms with E-state index in [-0.39, 0.29) is 0 Å². The Morgan fingerprint density at radius 1 is 1.40 bits per heavy atom. The van der Waals surface area contributed by atoms with Crippen LogP contribution in [-0.2, 0) is 6.54 Å². The molecule has 2 N–H and O–H groups in total. The van der Waals surface area contributed by atoms with E-state index in [0.29, 0.717) is 4.99 Å². The molecule has 110 valence electrons. The number of hydrogen-bond acceptors (Lipinski definition) is 2. The Kier molecular flexibility index (Phi) is 5.55. The van der Waals surface area contributed by atoms with Crippen LogP contribution in [0, 0.1) is 6.92 Å². The molecule has 20 heavy (non-hydrogen) atoms. The van der Waals surface area contributed by atoms with Gasteiger partial charge < -0.3 is 5.73 Å². The van der Waals surface area contributed by atoms with Crippen LogP contribution in [0.3, 0.4) is 0 Å². The molecule has 1 aliphatic heterocycles. The summed E-state index contributed by atoms with van der Waals surface area (Å²) in [5.41, 5.74) is 9.39. The third-order valence-electron chi connectivity index (χ3n) is 4.37. The summed E-state index contributed by atoms with van der Waals surface area (Å²) in [6.07, 6.45) is 6.69. The molecule has 1 fully saturated rings. The Balaban J connectivity index is 2.09. The number of nitrogens with two attached hydrogens (primary N) is 1. The van der Waals surface area contributed by atoms with Gasteiger partial charge in [-0.1, -0.05) is 44.1 Å². The van der Waals surface area contributed by atoms with Crippen LogP contribution in [-0.4, -0.2) is 22.5 Å². The molecule has 0 aliphatic carbocycles. The van der Waals surface area contributed by atoms with E-state index in [0.717, 1.165) is 18.2 Å². The lowest BCUT2D eigenvalue weighted by Crippen LogP contribution is -2.38. The minimum absolute atomic E-state index is 0.487. The molecule has 1 aliphatic rings. The van der Waals surface area contributed by atoms with Gasteiger partial charge in [-0.15, -0.1) is 0 Å². The Morgan fingerprint density at radius 3 is 2.85 bits per heavy atom. The van der Waals surface area contributed by atoms with Crippen molar-refractivity contribution in [1.82, 2.24) is 4.90 Å². The summed E-state index contributed by atoms with van der Waals surface area (Å²) < 4.78 is 0. The van der Waals surface area contributed by atoms with Crippen LogP contribution in [0.25, 0.3) is 0 Å². The summed E-state index contributed by atoms with van der Waals surface area (Å²) in [4.78, 5) is 3.15. The van der Waals surface area contributed by atoms with Gasteiger partial charge >= 0.3 is 0 Å². The third kappa shape index (κ3) is 3.80. The van der Waals surface area contributed by atoms with Crippen LogP contribution in [0.5, 0.6) is 0 Å². The predicted molar refractivity (Wildman–Crippen MR) is 90.0 cm³/mol. The third-order valence-corrected chi connectivity index (χ3v) is 4.61. The molecule has 1 unspecified atom stereocenters. The standard InChI is InChI=1S/C17H26N2S/c1-3-6-16-7-4-5-10-19(16)12-15-9-8-14(17(18)20)11-13(15)2/h8-9,11,16H,3-7,10,12H2,1-2H3,(H2,18,20). The molecule has 1 aromatic carbocycles. The number of aryl methyl sites for hydroxylation is 1. The fraction of sp³-hybridized carbons (Fsp3) is 0.588. The van der Waals surface area contributed by atoms with E-state index >= 15 is 0 Å². The summed E-state index contributed by atoms with van der Waals surface area (Å²) in [5.74, 6) is 0. The van der Waals surface area contributed by atoms with E-state index in [2.05, 4.69) is 36.9 Å². The maximum Gasteiger partial charge on any atom is 0.103 e. The number of piperidine rings is 1. The Bertz CT molecular complexity index is 468. The minimum atomic E-state index is 0.487. The molecule has 2 rings (SSSR count). The monoisotopic (exact) mass is 290 g/mol. The smallest absolute Gasteiger partial charge is 0.103 e. The molecule has 3 heteroatoms. The molecule has 0 aromatic heterocycles. The van der Waals surface area contributed by atoms with E-state index < -0.39 is 0 Å². The van der Waals surface area contributed by atoms with Crippen molar-refractivity contribution in [3.05, 3.63) is 34.9 Å². The molecule has 0 radical (unpaired) electrons. The zero-order valence-electron chi connectivity index (χ0n) is 12.7. The predicted octanol–water partition coefficient (Wildman–Crippen LogP) is 3.78. The summed E-state index contributed by atoms with van der Waals surface area (Å²) in [7, 11) is 0. The molecule has 0 saturated carbocycles. The van der Waals surface area contributed by atoms with Crippen molar-refractivity contribution < 1.29 is 0 Å². The van der Waals surface area contributed by atoms with E-state index in [4.69, 9.17) is 18.0 Å². The second kappa shape index (κ2) is 7.19. The lowest BCUT2D eigenvalue weighted by molar-refractivity contribution is 0.131. The van der Waals surface area contributed by atoms with E-state index in [1.165, 1.54) is 49.8 Å². The van der Waals surface area contributed by atoms with Gasteiger partial charge in [0.25, 0.3) is 0 Å². The Morgan fingerprint density at radius 2 is 2.20 bits per heavy atom. The van der Waals surface area contributed by atoms with Crippen molar-refractivity contribution >= 4 is 17.2 Å². The van der Waals surface area contributed by atoms with Gasteiger partial charge in [0.15, 0.2) is 0 Å². The molecule has 1 aromatic rings. The topological polar surface area (TPSA) is 29.3 Å². The van der Waals surface area contributed by atoms with Crippen molar-refractivity contribution in [2.45, 2.75) is 58.5 Å². The average molecular weight is 290 g/mol. The van der Waals surface area contributed by atoms with Crippen LogP contribution in [0.15, 0.2) is 18.2 Å². The number of thiocarbonyl (C=S) groups is 1. The molecular weight excluding hydrogens is 264 g/mol. The highest BCUT2D eigenvalue weighted by molar-refractivity contribution is 7.80. The molecule has 1 saturated heterocycles. The van der Waals surface area contributed by atoms with E-state index in [9.17, 15) is 0 Å². The van der Waals surface area contributed by atoms with E-state index in [1.54, 1.807) is 0 Å².